The van der Waals surface area contributed by atoms with Crippen molar-refractivity contribution < 1.29 is 4.79 Å². The molecule has 3 aliphatic rings. The molecule has 3 fully saturated rings. The summed E-state index contributed by atoms with van der Waals surface area (Å²) in [4.78, 5) is 12.4. The van der Waals surface area contributed by atoms with Crippen molar-refractivity contribution in [3.05, 3.63) is 18.0 Å². The summed E-state index contributed by atoms with van der Waals surface area (Å²) in [6.45, 7) is 0.843. The van der Waals surface area contributed by atoms with Crippen molar-refractivity contribution in [3.8, 4) is 0 Å². The first kappa shape index (κ1) is 12.3. The van der Waals surface area contributed by atoms with Crippen LogP contribution in [0.1, 0.15) is 55.1 Å². The minimum absolute atomic E-state index is 0.0522. The number of nitrogens with zero attached hydrogens (tertiary/aromatic N) is 1. The van der Waals surface area contributed by atoms with Crippen LogP contribution in [0.3, 0.4) is 0 Å². The number of amides is 1. The first-order chi connectivity index (χ1) is 9.70. The van der Waals surface area contributed by atoms with E-state index in [4.69, 9.17) is 5.73 Å². The molecule has 3 unspecified atom stereocenters. The van der Waals surface area contributed by atoms with Gasteiger partial charge in [0.15, 0.2) is 0 Å². The highest BCUT2D eigenvalue weighted by molar-refractivity contribution is 5.93. The third-order valence-electron chi connectivity index (χ3n) is 5.45. The van der Waals surface area contributed by atoms with Crippen LogP contribution in [0.4, 0.5) is 5.69 Å². The summed E-state index contributed by atoms with van der Waals surface area (Å²) in [5.41, 5.74) is 7.29. The van der Waals surface area contributed by atoms with Crippen LogP contribution >= 0.6 is 0 Å². The van der Waals surface area contributed by atoms with Gasteiger partial charge in [0.25, 0.3) is 5.91 Å². The van der Waals surface area contributed by atoms with Crippen LogP contribution in [0.25, 0.3) is 0 Å². The lowest BCUT2D eigenvalue weighted by atomic mass is 9.89. The van der Waals surface area contributed by atoms with Crippen molar-refractivity contribution in [1.29, 1.82) is 0 Å². The zero-order valence-electron chi connectivity index (χ0n) is 11.8. The summed E-state index contributed by atoms with van der Waals surface area (Å²) in [7, 11) is 0. The summed E-state index contributed by atoms with van der Waals surface area (Å²) < 4.78 is 2.06. The Bertz CT molecular complexity index is 532. The van der Waals surface area contributed by atoms with Crippen LogP contribution in [-0.2, 0) is 0 Å². The van der Waals surface area contributed by atoms with Gasteiger partial charge in [-0.1, -0.05) is 6.42 Å². The molecule has 0 radical (unpaired) electrons. The predicted molar refractivity (Wildman–Crippen MR) is 78.4 cm³/mol. The van der Waals surface area contributed by atoms with Crippen LogP contribution in [-0.4, -0.2) is 17.0 Å². The van der Waals surface area contributed by atoms with Crippen LogP contribution in [0.5, 0.6) is 0 Å². The molecule has 0 spiro atoms. The van der Waals surface area contributed by atoms with E-state index in [1.807, 2.05) is 12.3 Å². The molecule has 3 N–H and O–H groups in total. The first-order valence-electron chi connectivity index (χ1n) is 7.96. The molecule has 20 heavy (non-hydrogen) atoms. The molecule has 1 heterocycles. The second kappa shape index (κ2) is 4.54. The quantitative estimate of drug-likeness (QED) is 0.885. The predicted octanol–water partition coefficient (Wildman–Crippen LogP) is 2.57. The van der Waals surface area contributed by atoms with E-state index in [-0.39, 0.29) is 5.91 Å². The third-order valence-corrected chi connectivity index (χ3v) is 5.45. The van der Waals surface area contributed by atoms with Crippen LogP contribution < -0.4 is 11.1 Å². The molecular formula is C16H23N3O. The Balaban J connectivity index is 1.40. The fraction of sp³-hybridized carbons (Fsp3) is 0.688. The van der Waals surface area contributed by atoms with E-state index in [9.17, 15) is 4.79 Å². The standard InChI is InChI=1S/C16H23N3O/c17-13-7-15(19(9-13)14-3-4-14)16(20)18-8-12-6-10-1-2-11(12)5-10/h7,9-12,14H,1-6,8,17H2,(H,18,20). The lowest BCUT2D eigenvalue weighted by molar-refractivity contribution is 0.0932. The summed E-state index contributed by atoms with van der Waals surface area (Å²) >= 11 is 0. The normalized spacial score (nSPS) is 31.7. The maximum absolute atomic E-state index is 12.4. The molecule has 2 bridgehead atoms. The van der Waals surface area contributed by atoms with Gasteiger partial charge in [-0.05, 0) is 55.9 Å². The number of hydrogen-bond donors (Lipinski definition) is 2. The Hall–Kier alpha value is -1.45. The Morgan fingerprint density at radius 3 is 2.80 bits per heavy atom. The number of carbonyl (C=O) groups excluding carboxylic acids is 1. The highest BCUT2D eigenvalue weighted by Gasteiger charge is 2.39. The molecule has 4 heteroatoms. The number of nitrogens with one attached hydrogen (secondary N) is 1. The van der Waals surface area contributed by atoms with Gasteiger partial charge in [-0.15, -0.1) is 0 Å². The largest absolute Gasteiger partial charge is 0.397 e. The third kappa shape index (κ3) is 2.11. The Morgan fingerprint density at radius 1 is 1.30 bits per heavy atom. The number of nitrogens with two attached hydrogens (primary N) is 1. The molecule has 1 aromatic heterocycles. The Morgan fingerprint density at radius 2 is 2.15 bits per heavy atom. The maximum Gasteiger partial charge on any atom is 0.268 e. The molecular weight excluding hydrogens is 250 g/mol. The van der Waals surface area contributed by atoms with E-state index in [0.29, 0.717) is 17.6 Å². The average Bonchev–Trinajstić information content (AvgIpc) is 2.89. The van der Waals surface area contributed by atoms with Crippen molar-refractivity contribution >= 4 is 11.6 Å². The van der Waals surface area contributed by atoms with Gasteiger partial charge in [0.05, 0.1) is 5.69 Å². The number of aromatic nitrogens is 1. The van der Waals surface area contributed by atoms with Gasteiger partial charge in [-0.3, -0.25) is 4.79 Å². The number of fused-ring (bicyclic) bond motifs is 2. The van der Waals surface area contributed by atoms with Gasteiger partial charge in [0.2, 0.25) is 0 Å². The highest BCUT2D eigenvalue weighted by Crippen LogP contribution is 2.48. The van der Waals surface area contributed by atoms with Gasteiger partial charge in [0, 0.05) is 18.8 Å². The lowest BCUT2D eigenvalue weighted by Gasteiger charge is -2.22. The maximum atomic E-state index is 12.4. The molecule has 0 saturated heterocycles. The summed E-state index contributed by atoms with van der Waals surface area (Å²) in [5.74, 6) is 2.56. The SMILES string of the molecule is Nc1cc(C(=O)NCC2CC3CCC2C3)n(C2CC2)c1. The van der Waals surface area contributed by atoms with E-state index < -0.39 is 0 Å². The van der Waals surface area contributed by atoms with E-state index in [2.05, 4.69) is 9.88 Å². The second-order valence-electron chi connectivity index (χ2n) is 6.94. The number of nitrogen functional groups attached to an aromatic ring is 1. The fourth-order valence-electron chi connectivity index (χ4n) is 4.28. The Kier molecular flexibility index (Phi) is 2.79. The molecule has 0 aromatic carbocycles. The minimum atomic E-state index is 0.0522. The minimum Gasteiger partial charge on any atom is -0.397 e. The van der Waals surface area contributed by atoms with Gasteiger partial charge < -0.3 is 15.6 Å². The fourth-order valence-corrected chi connectivity index (χ4v) is 4.28. The van der Waals surface area contributed by atoms with Gasteiger partial charge in [-0.2, -0.15) is 0 Å². The van der Waals surface area contributed by atoms with Crippen molar-refractivity contribution in [2.75, 3.05) is 12.3 Å². The van der Waals surface area contributed by atoms with Crippen LogP contribution in [0.15, 0.2) is 12.3 Å². The molecule has 1 aromatic rings. The monoisotopic (exact) mass is 273 g/mol. The zero-order valence-corrected chi connectivity index (χ0v) is 11.8. The number of rotatable bonds is 4. The van der Waals surface area contributed by atoms with Crippen LogP contribution in [0.2, 0.25) is 0 Å². The van der Waals surface area contributed by atoms with Crippen LogP contribution in [0, 0.1) is 17.8 Å². The van der Waals surface area contributed by atoms with Crippen molar-refractivity contribution in [3.63, 3.8) is 0 Å². The van der Waals surface area contributed by atoms with E-state index in [0.717, 1.165) is 24.1 Å². The molecule has 3 aliphatic carbocycles. The molecule has 108 valence electrons. The molecule has 3 saturated carbocycles. The van der Waals surface area contributed by atoms with Gasteiger partial charge in [0.1, 0.15) is 5.69 Å². The molecule has 0 aliphatic heterocycles. The summed E-state index contributed by atoms with van der Waals surface area (Å²) in [6, 6.07) is 2.31. The van der Waals surface area contributed by atoms with Crippen molar-refractivity contribution in [2.24, 2.45) is 17.8 Å². The molecule has 3 atom stereocenters. The second-order valence-corrected chi connectivity index (χ2v) is 6.94. The van der Waals surface area contributed by atoms with E-state index >= 15 is 0 Å². The summed E-state index contributed by atoms with van der Waals surface area (Å²) in [6.07, 6.45) is 9.74. The lowest BCUT2D eigenvalue weighted by Crippen LogP contribution is -2.32. The molecule has 1 amide bonds. The average molecular weight is 273 g/mol. The number of anilines is 1. The van der Waals surface area contributed by atoms with Gasteiger partial charge in [-0.25, -0.2) is 0 Å². The zero-order chi connectivity index (χ0) is 13.7. The highest BCUT2D eigenvalue weighted by atomic mass is 16.1. The smallest absolute Gasteiger partial charge is 0.268 e. The topological polar surface area (TPSA) is 60.1 Å². The van der Waals surface area contributed by atoms with Crippen molar-refractivity contribution in [1.82, 2.24) is 9.88 Å². The van der Waals surface area contributed by atoms with Gasteiger partial charge >= 0.3 is 0 Å². The Labute approximate surface area is 119 Å². The number of hydrogen-bond acceptors (Lipinski definition) is 2. The summed E-state index contributed by atoms with van der Waals surface area (Å²) in [5, 5.41) is 3.15. The molecule has 4 rings (SSSR count). The van der Waals surface area contributed by atoms with Crippen molar-refractivity contribution in [2.45, 2.75) is 44.6 Å². The first-order valence-corrected chi connectivity index (χ1v) is 7.96. The molecule has 4 nitrogen and oxygen atoms in total. The number of carbonyl (C=O) groups is 1. The van der Waals surface area contributed by atoms with E-state index in [1.54, 1.807) is 0 Å². The van der Waals surface area contributed by atoms with E-state index in [1.165, 1.54) is 38.5 Å².